The van der Waals surface area contributed by atoms with Gasteiger partial charge in [-0.05, 0) is 169 Å². The lowest BCUT2D eigenvalue weighted by atomic mass is 9.65. The number of fused-ring (bicyclic) bond motifs is 3. The average Bonchev–Trinajstić information content (AvgIpc) is 3.93. The van der Waals surface area contributed by atoms with Crippen LogP contribution in [0.4, 0.5) is 0 Å². The molecule has 8 rings (SSSR count). The lowest BCUT2D eigenvalue weighted by Gasteiger charge is -2.39. The molecular formula is C42H54O4. The molecule has 6 aliphatic carbocycles. The molecule has 0 saturated heterocycles. The van der Waals surface area contributed by atoms with Gasteiger partial charge < -0.3 is 9.47 Å². The van der Waals surface area contributed by atoms with E-state index < -0.39 is 0 Å². The van der Waals surface area contributed by atoms with Gasteiger partial charge in [0, 0.05) is 0 Å². The van der Waals surface area contributed by atoms with Crippen molar-refractivity contribution in [2.24, 2.45) is 0 Å². The summed E-state index contributed by atoms with van der Waals surface area (Å²) >= 11 is 0. The van der Waals surface area contributed by atoms with Crippen LogP contribution in [0.15, 0.2) is 0 Å². The van der Waals surface area contributed by atoms with Crippen molar-refractivity contribution in [2.45, 2.75) is 165 Å². The maximum Gasteiger partial charge on any atom is 0.339 e. The molecule has 0 atom stereocenters. The number of rotatable bonds is 6. The summed E-state index contributed by atoms with van der Waals surface area (Å²) in [6, 6.07) is 0. The summed E-state index contributed by atoms with van der Waals surface area (Å²) in [5.41, 5.74) is 16.5. The Morgan fingerprint density at radius 2 is 0.696 bits per heavy atom. The van der Waals surface area contributed by atoms with Gasteiger partial charge in [-0.3, -0.25) is 0 Å². The Bertz CT molecular complexity index is 1410. The molecule has 0 radical (unpaired) electrons. The highest BCUT2D eigenvalue weighted by molar-refractivity contribution is 6.06. The van der Waals surface area contributed by atoms with Crippen LogP contribution in [0.1, 0.15) is 216 Å². The van der Waals surface area contributed by atoms with Gasteiger partial charge in [-0.15, -0.1) is 0 Å². The highest BCUT2D eigenvalue weighted by Crippen LogP contribution is 2.54. The van der Waals surface area contributed by atoms with Crippen molar-refractivity contribution >= 4 is 11.9 Å². The molecule has 0 heterocycles. The molecule has 0 bridgehead atoms. The fourth-order valence-corrected chi connectivity index (χ4v) is 11.6. The summed E-state index contributed by atoms with van der Waals surface area (Å²) in [6.45, 7) is 0. The zero-order chi connectivity index (χ0) is 31.4. The molecule has 4 heteroatoms. The molecule has 4 nitrogen and oxygen atoms in total. The quantitative estimate of drug-likeness (QED) is 0.257. The smallest absolute Gasteiger partial charge is 0.339 e. The maximum absolute atomic E-state index is 14.0. The van der Waals surface area contributed by atoms with Crippen LogP contribution in [0.5, 0.6) is 0 Å². The molecule has 0 spiro atoms. The lowest BCUT2D eigenvalue weighted by molar-refractivity contribution is 0.0552. The van der Waals surface area contributed by atoms with Gasteiger partial charge in [0.2, 0.25) is 0 Å². The van der Waals surface area contributed by atoms with Crippen molar-refractivity contribution in [1.29, 1.82) is 0 Å². The van der Waals surface area contributed by atoms with Crippen LogP contribution >= 0.6 is 0 Å². The van der Waals surface area contributed by atoms with E-state index in [1.54, 1.807) is 33.4 Å². The molecule has 0 aliphatic heterocycles. The predicted molar refractivity (Wildman–Crippen MR) is 183 cm³/mol. The molecule has 0 amide bonds. The minimum absolute atomic E-state index is 0.298. The number of benzene rings is 2. The monoisotopic (exact) mass is 622 g/mol. The molecule has 2 aromatic carbocycles. The van der Waals surface area contributed by atoms with E-state index in [1.165, 1.54) is 128 Å². The van der Waals surface area contributed by atoms with Crippen LogP contribution in [-0.2, 0) is 35.2 Å². The third kappa shape index (κ3) is 4.98. The summed E-state index contributed by atoms with van der Waals surface area (Å²) < 4.78 is 11.1. The highest BCUT2D eigenvalue weighted by atomic mass is 16.5. The van der Waals surface area contributed by atoms with Crippen LogP contribution in [-0.4, -0.2) is 26.2 Å². The van der Waals surface area contributed by atoms with Crippen molar-refractivity contribution in [1.82, 2.24) is 0 Å². The minimum atomic E-state index is -0.344. The summed E-state index contributed by atoms with van der Waals surface area (Å²) in [5.74, 6) is 1.27. The number of hydrogen-bond acceptors (Lipinski definition) is 4. The summed E-state index contributed by atoms with van der Waals surface area (Å²) in [7, 11) is 2.98. The topological polar surface area (TPSA) is 52.6 Å². The molecule has 46 heavy (non-hydrogen) atoms. The normalized spacial score (nSPS) is 22.2. The predicted octanol–water partition coefficient (Wildman–Crippen LogP) is 10.3. The Morgan fingerprint density at radius 1 is 0.413 bits per heavy atom. The van der Waals surface area contributed by atoms with Gasteiger partial charge in [-0.2, -0.15) is 0 Å². The fourth-order valence-electron chi connectivity index (χ4n) is 11.6. The van der Waals surface area contributed by atoms with Crippen LogP contribution in [0.25, 0.3) is 0 Å². The fraction of sp³-hybridized carbons (Fsp3) is 0.667. The van der Waals surface area contributed by atoms with Gasteiger partial charge in [0.1, 0.15) is 0 Å². The maximum atomic E-state index is 14.0. The Hall–Kier alpha value is -2.62. The molecule has 246 valence electrons. The second-order valence-corrected chi connectivity index (χ2v) is 15.7. The van der Waals surface area contributed by atoms with Crippen molar-refractivity contribution in [3.63, 3.8) is 0 Å². The Labute approximate surface area is 276 Å². The van der Waals surface area contributed by atoms with E-state index in [1.807, 2.05) is 0 Å². The van der Waals surface area contributed by atoms with E-state index in [4.69, 9.17) is 9.47 Å². The van der Waals surface area contributed by atoms with Crippen LogP contribution in [0, 0.1) is 0 Å². The Morgan fingerprint density at radius 3 is 1.00 bits per heavy atom. The molecule has 2 aromatic rings. The van der Waals surface area contributed by atoms with Gasteiger partial charge in [-0.1, -0.05) is 51.4 Å². The van der Waals surface area contributed by atoms with Crippen molar-refractivity contribution in [3.8, 4) is 0 Å². The second-order valence-electron chi connectivity index (χ2n) is 15.7. The van der Waals surface area contributed by atoms with Crippen LogP contribution < -0.4 is 0 Å². The van der Waals surface area contributed by atoms with E-state index in [-0.39, 0.29) is 11.9 Å². The largest absolute Gasteiger partial charge is 0.465 e. The zero-order valence-corrected chi connectivity index (χ0v) is 28.5. The second kappa shape index (κ2) is 12.8. The Balaban J connectivity index is 1.45. The van der Waals surface area contributed by atoms with Crippen molar-refractivity contribution in [2.75, 3.05) is 14.2 Å². The van der Waals surface area contributed by atoms with Crippen molar-refractivity contribution < 1.29 is 19.1 Å². The van der Waals surface area contributed by atoms with E-state index in [0.717, 1.165) is 49.7 Å². The zero-order valence-electron chi connectivity index (χ0n) is 28.5. The summed E-state index contributed by atoms with van der Waals surface area (Å²) in [6.07, 6.45) is 26.8. The number of carbonyl (C=O) groups is 2. The van der Waals surface area contributed by atoms with Crippen LogP contribution in [0.3, 0.4) is 0 Å². The number of methoxy groups -OCH3 is 2. The molecule has 0 unspecified atom stereocenters. The van der Waals surface area contributed by atoms with E-state index in [0.29, 0.717) is 34.8 Å². The SMILES string of the molecule is COC(=O)c1c(C(=O)OC)c(C2CCCC2)c2c(c1C1CCCC1)Cc1c(c(C3CCCC3)c3c(c1C1CCCC1)CCCC3)C2. The Kier molecular flexibility index (Phi) is 8.52. The standard InChI is InChI=1S/C42H54O4/c1-45-41(43)39-37(27-17-7-8-18-27)33-23-31-32(24-34(33)38(28-19-9-10-20-28)40(39)42(44)46-2)36(26-15-5-6-16-26)30-22-12-11-21-29(30)35(31)25-13-3-4-14-25/h25-28H,3-24H2,1-2H3. The number of carbonyl (C=O) groups excluding carboxylic acids is 2. The van der Waals surface area contributed by atoms with Crippen molar-refractivity contribution in [3.05, 3.63) is 66.8 Å². The van der Waals surface area contributed by atoms with Gasteiger partial charge in [0.25, 0.3) is 0 Å². The van der Waals surface area contributed by atoms with Gasteiger partial charge in [0.15, 0.2) is 0 Å². The molecule has 4 fully saturated rings. The number of hydrogen-bond donors (Lipinski definition) is 0. The van der Waals surface area contributed by atoms with E-state index in [9.17, 15) is 9.59 Å². The minimum Gasteiger partial charge on any atom is -0.465 e. The highest BCUT2D eigenvalue weighted by Gasteiger charge is 2.42. The number of esters is 2. The third-order valence-corrected chi connectivity index (χ3v) is 13.5. The molecule has 4 saturated carbocycles. The van der Waals surface area contributed by atoms with Gasteiger partial charge in [0.05, 0.1) is 25.3 Å². The first-order valence-corrected chi connectivity index (χ1v) is 19.2. The first-order chi connectivity index (χ1) is 22.6. The van der Waals surface area contributed by atoms with E-state index >= 15 is 0 Å². The molecular weight excluding hydrogens is 568 g/mol. The molecule has 6 aliphatic rings. The number of ether oxygens (including phenoxy) is 2. The summed E-state index contributed by atoms with van der Waals surface area (Å²) in [4.78, 5) is 28.0. The van der Waals surface area contributed by atoms with Gasteiger partial charge >= 0.3 is 11.9 Å². The third-order valence-electron chi connectivity index (χ3n) is 13.5. The summed E-state index contributed by atoms with van der Waals surface area (Å²) in [5, 5.41) is 0. The van der Waals surface area contributed by atoms with Crippen LogP contribution in [0.2, 0.25) is 0 Å². The lowest BCUT2D eigenvalue weighted by Crippen LogP contribution is -2.28. The first kappa shape index (κ1) is 30.7. The average molecular weight is 623 g/mol. The van der Waals surface area contributed by atoms with E-state index in [2.05, 4.69) is 0 Å². The van der Waals surface area contributed by atoms with Gasteiger partial charge in [-0.25, -0.2) is 9.59 Å². The first-order valence-electron chi connectivity index (χ1n) is 19.2. The molecule has 0 aromatic heterocycles. The molecule has 0 N–H and O–H groups in total.